The fourth-order valence-corrected chi connectivity index (χ4v) is 3.70. The van der Waals surface area contributed by atoms with Crippen molar-refractivity contribution in [2.24, 2.45) is 11.8 Å². The number of aliphatic hydroxyl groups excluding tert-OH is 1. The molecule has 1 aliphatic heterocycles. The molecule has 0 bridgehead atoms. The predicted octanol–water partition coefficient (Wildman–Crippen LogP) is 2.10. The van der Waals surface area contributed by atoms with Crippen LogP contribution in [0.3, 0.4) is 0 Å². The van der Waals surface area contributed by atoms with Crippen molar-refractivity contribution < 1.29 is 13.9 Å². The van der Waals surface area contributed by atoms with Crippen LogP contribution in [0.5, 0.6) is 0 Å². The van der Waals surface area contributed by atoms with Gasteiger partial charge >= 0.3 is 0 Å². The molecule has 4 atom stereocenters. The zero-order chi connectivity index (χ0) is 14.5. The van der Waals surface area contributed by atoms with Gasteiger partial charge in [0.1, 0.15) is 0 Å². The maximum Gasteiger partial charge on any atom is 0.250 e. The van der Waals surface area contributed by atoms with E-state index in [2.05, 4.69) is 17.1 Å². The van der Waals surface area contributed by atoms with E-state index in [1.54, 1.807) is 0 Å². The lowest BCUT2D eigenvalue weighted by molar-refractivity contribution is 0.0168. The Morgan fingerprint density at radius 2 is 2.10 bits per heavy atom. The molecule has 20 heavy (non-hydrogen) atoms. The van der Waals surface area contributed by atoms with Crippen LogP contribution in [-0.2, 0) is 0 Å². The van der Waals surface area contributed by atoms with E-state index >= 15 is 0 Å². The molecule has 1 aliphatic carbocycles. The monoisotopic (exact) mass is 290 g/mol. The molecule has 1 saturated carbocycles. The number of nitrogens with zero attached hydrogens (tertiary/aromatic N) is 1. The molecular formula is C15H28F2N2O. The number of nitrogens with one attached hydrogen (secondary N) is 1. The van der Waals surface area contributed by atoms with Crippen molar-refractivity contribution in [3.8, 4) is 0 Å². The quantitative estimate of drug-likeness (QED) is 0.754. The van der Waals surface area contributed by atoms with E-state index in [4.69, 9.17) is 5.11 Å². The summed E-state index contributed by atoms with van der Waals surface area (Å²) < 4.78 is 24.8. The van der Waals surface area contributed by atoms with Crippen LogP contribution in [0.25, 0.3) is 0 Å². The zero-order valence-corrected chi connectivity index (χ0v) is 12.4. The molecule has 0 aromatic carbocycles. The summed E-state index contributed by atoms with van der Waals surface area (Å²) in [6.45, 7) is 4.28. The number of likely N-dealkylation sites (tertiary alicyclic amines) is 1. The molecule has 0 aromatic heterocycles. The maximum atomic E-state index is 12.4. The third-order valence-corrected chi connectivity index (χ3v) is 4.94. The lowest BCUT2D eigenvalue weighted by Gasteiger charge is -2.48. The van der Waals surface area contributed by atoms with E-state index in [-0.39, 0.29) is 19.2 Å². The fraction of sp³-hybridized carbons (Fsp3) is 1.00. The van der Waals surface area contributed by atoms with Gasteiger partial charge in [-0.3, -0.25) is 4.90 Å². The number of aliphatic hydroxyl groups is 1. The molecule has 2 N–H and O–H groups in total. The molecule has 0 aromatic rings. The first-order chi connectivity index (χ1) is 9.60. The molecular weight excluding hydrogens is 262 g/mol. The Hall–Kier alpha value is -0.260. The highest BCUT2D eigenvalue weighted by atomic mass is 19.3. The summed E-state index contributed by atoms with van der Waals surface area (Å²) in [6, 6.07) is 0.817. The highest BCUT2D eigenvalue weighted by Crippen LogP contribution is 2.35. The van der Waals surface area contributed by atoms with Crippen molar-refractivity contribution in [2.45, 2.75) is 57.5 Å². The second-order valence-electron chi connectivity index (χ2n) is 6.54. The average Bonchev–Trinajstić information content (AvgIpc) is 2.41. The summed E-state index contributed by atoms with van der Waals surface area (Å²) in [7, 11) is 0. The van der Waals surface area contributed by atoms with Crippen LogP contribution in [0.1, 0.15) is 39.0 Å². The van der Waals surface area contributed by atoms with E-state index in [0.29, 0.717) is 12.0 Å². The molecule has 0 spiro atoms. The van der Waals surface area contributed by atoms with Gasteiger partial charge in [-0.05, 0) is 43.9 Å². The van der Waals surface area contributed by atoms with Crippen LogP contribution in [0, 0.1) is 11.8 Å². The van der Waals surface area contributed by atoms with Gasteiger partial charge in [0.2, 0.25) is 0 Å². The van der Waals surface area contributed by atoms with E-state index in [9.17, 15) is 8.78 Å². The Kier molecular flexibility index (Phi) is 6.18. The summed E-state index contributed by atoms with van der Waals surface area (Å²) in [5.41, 5.74) is 0. The third kappa shape index (κ3) is 4.37. The summed E-state index contributed by atoms with van der Waals surface area (Å²) in [5, 5.41) is 12.0. The van der Waals surface area contributed by atoms with Crippen LogP contribution in [-0.4, -0.2) is 54.8 Å². The van der Waals surface area contributed by atoms with E-state index in [1.807, 2.05) is 0 Å². The van der Waals surface area contributed by atoms with Gasteiger partial charge in [0.25, 0.3) is 6.43 Å². The lowest BCUT2D eigenvalue weighted by Crippen LogP contribution is -2.57. The van der Waals surface area contributed by atoms with E-state index in [1.165, 1.54) is 12.8 Å². The Morgan fingerprint density at radius 1 is 1.30 bits per heavy atom. The third-order valence-electron chi connectivity index (χ3n) is 4.94. The molecule has 2 fully saturated rings. The van der Waals surface area contributed by atoms with Crippen molar-refractivity contribution in [2.75, 3.05) is 26.2 Å². The van der Waals surface area contributed by atoms with Crippen LogP contribution in [0.2, 0.25) is 0 Å². The maximum absolute atomic E-state index is 12.4. The first-order valence-electron chi connectivity index (χ1n) is 7.96. The van der Waals surface area contributed by atoms with Gasteiger partial charge in [0.05, 0.1) is 6.54 Å². The minimum absolute atomic E-state index is 0.175. The first kappa shape index (κ1) is 16.1. The first-order valence-corrected chi connectivity index (χ1v) is 7.96. The minimum atomic E-state index is -2.27. The summed E-state index contributed by atoms with van der Waals surface area (Å²) in [5.74, 6) is 1.27. The molecule has 1 saturated heterocycles. The van der Waals surface area contributed by atoms with Gasteiger partial charge in [-0.25, -0.2) is 8.78 Å². The molecule has 0 amide bonds. The van der Waals surface area contributed by atoms with Gasteiger partial charge in [-0.1, -0.05) is 6.92 Å². The van der Waals surface area contributed by atoms with Crippen LogP contribution >= 0.6 is 0 Å². The number of alkyl halides is 2. The van der Waals surface area contributed by atoms with Crippen molar-refractivity contribution in [1.29, 1.82) is 0 Å². The zero-order valence-electron chi connectivity index (χ0n) is 12.4. The normalized spacial score (nSPS) is 35.2. The van der Waals surface area contributed by atoms with Gasteiger partial charge in [-0.15, -0.1) is 0 Å². The van der Waals surface area contributed by atoms with Gasteiger partial charge in [0.15, 0.2) is 0 Å². The average molecular weight is 290 g/mol. The standard InChI is InChI=1S/C15H28F2N2O/c1-11-4-5-14(11)19-9-12(3-2-6-20)7-13(10-19)18-8-15(16)17/h11-15,18,20H,2-10H2,1H3. The number of rotatable bonds is 7. The Morgan fingerprint density at radius 3 is 2.65 bits per heavy atom. The Bertz CT molecular complexity index is 291. The Labute approximate surface area is 120 Å². The molecule has 0 radical (unpaired) electrons. The number of halogens is 2. The molecule has 118 valence electrons. The van der Waals surface area contributed by atoms with Crippen LogP contribution in [0.15, 0.2) is 0 Å². The smallest absolute Gasteiger partial charge is 0.250 e. The summed E-state index contributed by atoms with van der Waals surface area (Å²) in [4.78, 5) is 2.50. The van der Waals surface area contributed by atoms with Crippen molar-refractivity contribution >= 4 is 0 Å². The second kappa shape index (κ2) is 7.66. The fourth-order valence-electron chi connectivity index (χ4n) is 3.70. The lowest BCUT2D eigenvalue weighted by atomic mass is 9.78. The molecule has 1 heterocycles. The molecule has 2 rings (SSSR count). The van der Waals surface area contributed by atoms with Gasteiger partial charge < -0.3 is 10.4 Å². The topological polar surface area (TPSA) is 35.5 Å². The molecule has 4 unspecified atom stereocenters. The largest absolute Gasteiger partial charge is 0.396 e. The molecule has 2 aliphatic rings. The molecule has 3 nitrogen and oxygen atoms in total. The van der Waals surface area contributed by atoms with Gasteiger partial charge in [0, 0.05) is 31.8 Å². The van der Waals surface area contributed by atoms with Crippen molar-refractivity contribution in [3.05, 3.63) is 0 Å². The number of hydrogen-bond donors (Lipinski definition) is 2. The predicted molar refractivity (Wildman–Crippen MR) is 76.0 cm³/mol. The Balaban J connectivity index is 1.87. The van der Waals surface area contributed by atoms with Crippen LogP contribution < -0.4 is 5.32 Å². The highest BCUT2D eigenvalue weighted by molar-refractivity contribution is 4.92. The SMILES string of the molecule is CC1CCC1N1CC(CCCO)CC(NCC(F)F)C1. The van der Waals surface area contributed by atoms with Gasteiger partial charge in [-0.2, -0.15) is 0 Å². The van der Waals surface area contributed by atoms with Crippen molar-refractivity contribution in [1.82, 2.24) is 10.2 Å². The minimum Gasteiger partial charge on any atom is -0.396 e. The second-order valence-corrected chi connectivity index (χ2v) is 6.54. The van der Waals surface area contributed by atoms with Crippen LogP contribution in [0.4, 0.5) is 8.78 Å². The summed E-state index contributed by atoms with van der Waals surface area (Å²) in [6.07, 6.45) is 3.04. The van der Waals surface area contributed by atoms with Crippen molar-refractivity contribution in [3.63, 3.8) is 0 Å². The summed E-state index contributed by atoms with van der Waals surface area (Å²) >= 11 is 0. The number of hydrogen-bond acceptors (Lipinski definition) is 3. The highest BCUT2D eigenvalue weighted by Gasteiger charge is 2.37. The van der Waals surface area contributed by atoms with E-state index < -0.39 is 6.43 Å². The van der Waals surface area contributed by atoms with E-state index in [0.717, 1.165) is 38.3 Å². The number of piperidine rings is 1. The molecule has 5 heteroatoms.